The summed E-state index contributed by atoms with van der Waals surface area (Å²) in [7, 11) is -1.49. The second kappa shape index (κ2) is 5.83. The summed E-state index contributed by atoms with van der Waals surface area (Å²) in [6.45, 7) is 7.00. The maximum atomic E-state index is 12.5. The molecule has 0 aliphatic carbocycles. The van der Waals surface area contributed by atoms with E-state index in [9.17, 15) is 8.42 Å². The van der Waals surface area contributed by atoms with Crippen LogP contribution in [0.5, 0.6) is 0 Å². The first-order valence-electron chi connectivity index (χ1n) is 7.02. The molecule has 1 aliphatic heterocycles. The van der Waals surface area contributed by atoms with Gasteiger partial charge in [-0.1, -0.05) is 13.8 Å². The molecule has 1 fully saturated rings. The third-order valence-electron chi connectivity index (χ3n) is 3.70. The summed E-state index contributed by atoms with van der Waals surface area (Å²) < 4.78 is 28.3. The lowest BCUT2D eigenvalue weighted by atomic mass is 9.93. The highest BCUT2D eigenvalue weighted by Crippen LogP contribution is 2.32. The number of nitrogens with zero attached hydrogens (tertiary/aromatic N) is 3. The Morgan fingerprint density at radius 2 is 2.20 bits per heavy atom. The molecule has 1 N–H and O–H groups in total. The van der Waals surface area contributed by atoms with Gasteiger partial charge in [-0.05, 0) is 31.8 Å². The Hall–Kier alpha value is -0.920. The van der Waals surface area contributed by atoms with Crippen LogP contribution in [0, 0.1) is 5.41 Å². The second-order valence-electron chi connectivity index (χ2n) is 6.15. The van der Waals surface area contributed by atoms with Crippen molar-refractivity contribution in [3.8, 4) is 0 Å². The van der Waals surface area contributed by atoms with E-state index < -0.39 is 10.0 Å². The lowest BCUT2D eigenvalue weighted by Crippen LogP contribution is -2.30. The lowest BCUT2D eigenvalue weighted by Gasteiger charge is -2.18. The van der Waals surface area contributed by atoms with Crippen LogP contribution in [-0.2, 0) is 16.6 Å². The molecule has 20 heavy (non-hydrogen) atoms. The summed E-state index contributed by atoms with van der Waals surface area (Å²) in [6.07, 6.45) is 4.92. The molecule has 6 nitrogen and oxygen atoms in total. The van der Waals surface area contributed by atoms with Crippen molar-refractivity contribution in [2.45, 2.75) is 38.1 Å². The molecule has 1 aromatic heterocycles. The van der Waals surface area contributed by atoms with Gasteiger partial charge in [0.05, 0.1) is 6.20 Å². The molecule has 0 radical (unpaired) electrons. The van der Waals surface area contributed by atoms with Crippen LogP contribution >= 0.6 is 0 Å². The van der Waals surface area contributed by atoms with Gasteiger partial charge in [0.1, 0.15) is 4.90 Å². The van der Waals surface area contributed by atoms with Gasteiger partial charge in [0.15, 0.2) is 0 Å². The predicted molar refractivity (Wildman–Crippen MR) is 77.9 cm³/mol. The van der Waals surface area contributed by atoms with Crippen LogP contribution in [0.15, 0.2) is 17.3 Å². The van der Waals surface area contributed by atoms with E-state index in [2.05, 4.69) is 24.3 Å². The van der Waals surface area contributed by atoms with Crippen molar-refractivity contribution in [1.82, 2.24) is 19.4 Å². The Balaban J connectivity index is 2.07. The Bertz CT molecular complexity index is 550. The van der Waals surface area contributed by atoms with Crippen molar-refractivity contribution in [3.63, 3.8) is 0 Å². The van der Waals surface area contributed by atoms with Crippen molar-refractivity contribution in [3.05, 3.63) is 12.4 Å². The van der Waals surface area contributed by atoms with Crippen molar-refractivity contribution >= 4 is 10.0 Å². The first-order valence-corrected chi connectivity index (χ1v) is 8.46. The van der Waals surface area contributed by atoms with Gasteiger partial charge in [0.25, 0.3) is 0 Å². The summed E-state index contributed by atoms with van der Waals surface area (Å²) in [4.78, 5) is 0.305. The first-order chi connectivity index (χ1) is 9.35. The van der Waals surface area contributed by atoms with Crippen LogP contribution in [0.3, 0.4) is 0 Å². The SMILES string of the molecule is CNCCCn1cc(S(=O)(=O)N2CCC(C)(C)C2)cn1. The van der Waals surface area contributed by atoms with Crippen molar-refractivity contribution in [1.29, 1.82) is 0 Å². The molecule has 0 bridgehead atoms. The molecule has 0 amide bonds. The lowest BCUT2D eigenvalue weighted by molar-refractivity contribution is 0.375. The normalized spacial score (nSPS) is 19.6. The van der Waals surface area contributed by atoms with Crippen LogP contribution in [-0.4, -0.2) is 49.2 Å². The minimum atomic E-state index is -3.39. The van der Waals surface area contributed by atoms with Crippen LogP contribution in [0.25, 0.3) is 0 Å². The fraction of sp³-hybridized carbons (Fsp3) is 0.769. The van der Waals surface area contributed by atoms with Crippen LogP contribution in [0.1, 0.15) is 26.7 Å². The van der Waals surface area contributed by atoms with Gasteiger partial charge >= 0.3 is 0 Å². The number of sulfonamides is 1. The quantitative estimate of drug-likeness (QED) is 0.793. The zero-order chi connectivity index (χ0) is 14.8. The molecule has 1 aromatic rings. The molecule has 2 rings (SSSR count). The fourth-order valence-electron chi connectivity index (χ4n) is 2.44. The molecule has 1 aliphatic rings. The Morgan fingerprint density at radius 3 is 2.80 bits per heavy atom. The Kier molecular flexibility index (Phi) is 4.51. The standard InChI is InChI=1S/C13H24N4O2S/c1-13(2)5-8-17(11-13)20(18,19)12-9-15-16(10-12)7-4-6-14-3/h9-10,14H,4-8,11H2,1-3H3. The first kappa shape index (κ1) is 15.5. The number of hydrogen-bond donors (Lipinski definition) is 1. The molecule has 7 heteroatoms. The summed E-state index contributed by atoms with van der Waals surface area (Å²) in [5.74, 6) is 0. The molecule has 0 aromatic carbocycles. The fourth-order valence-corrected chi connectivity index (χ4v) is 4.02. The van der Waals surface area contributed by atoms with Gasteiger partial charge in [-0.2, -0.15) is 9.40 Å². The van der Waals surface area contributed by atoms with E-state index in [1.54, 1.807) is 15.2 Å². The average Bonchev–Trinajstić information content (AvgIpc) is 2.97. The molecule has 2 heterocycles. The third kappa shape index (κ3) is 3.39. The average molecular weight is 300 g/mol. The van der Waals surface area contributed by atoms with Crippen molar-refractivity contribution in [2.24, 2.45) is 5.41 Å². The highest BCUT2D eigenvalue weighted by molar-refractivity contribution is 7.89. The maximum Gasteiger partial charge on any atom is 0.246 e. The number of hydrogen-bond acceptors (Lipinski definition) is 4. The summed E-state index contributed by atoms with van der Waals surface area (Å²) >= 11 is 0. The summed E-state index contributed by atoms with van der Waals surface area (Å²) in [6, 6.07) is 0. The zero-order valence-electron chi connectivity index (χ0n) is 12.5. The molecule has 0 spiro atoms. The Morgan fingerprint density at radius 1 is 1.45 bits per heavy atom. The van der Waals surface area contributed by atoms with Gasteiger partial charge < -0.3 is 5.32 Å². The third-order valence-corrected chi connectivity index (χ3v) is 5.50. The van der Waals surface area contributed by atoms with Gasteiger partial charge in [-0.25, -0.2) is 8.42 Å². The molecule has 114 valence electrons. The minimum Gasteiger partial charge on any atom is -0.320 e. The maximum absolute atomic E-state index is 12.5. The molecule has 0 unspecified atom stereocenters. The number of aromatic nitrogens is 2. The van der Waals surface area contributed by atoms with Crippen LogP contribution in [0.4, 0.5) is 0 Å². The van der Waals surface area contributed by atoms with Gasteiger partial charge in [0, 0.05) is 25.8 Å². The van der Waals surface area contributed by atoms with Crippen molar-refractivity contribution in [2.75, 3.05) is 26.7 Å². The molecule has 0 atom stereocenters. The van der Waals surface area contributed by atoms with Gasteiger partial charge in [-0.15, -0.1) is 0 Å². The van der Waals surface area contributed by atoms with Gasteiger partial charge in [0.2, 0.25) is 10.0 Å². The second-order valence-corrected chi connectivity index (χ2v) is 8.09. The monoisotopic (exact) mass is 300 g/mol. The molecule has 1 saturated heterocycles. The molecular formula is C13H24N4O2S. The van der Waals surface area contributed by atoms with E-state index in [1.165, 1.54) is 6.20 Å². The highest BCUT2D eigenvalue weighted by Gasteiger charge is 2.37. The topological polar surface area (TPSA) is 67.2 Å². The van der Waals surface area contributed by atoms with E-state index in [1.807, 2.05) is 7.05 Å². The van der Waals surface area contributed by atoms with E-state index in [-0.39, 0.29) is 5.41 Å². The van der Waals surface area contributed by atoms with E-state index >= 15 is 0 Å². The molecular weight excluding hydrogens is 276 g/mol. The minimum absolute atomic E-state index is 0.0653. The zero-order valence-corrected chi connectivity index (χ0v) is 13.3. The van der Waals surface area contributed by atoms with E-state index in [0.717, 1.165) is 25.9 Å². The largest absolute Gasteiger partial charge is 0.320 e. The van der Waals surface area contributed by atoms with Crippen LogP contribution in [0.2, 0.25) is 0 Å². The smallest absolute Gasteiger partial charge is 0.246 e. The number of nitrogens with one attached hydrogen (secondary N) is 1. The van der Waals surface area contributed by atoms with Gasteiger partial charge in [-0.3, -0.25) is 4.68 Å². The number of rotatable bonds is 6. The molecule has 0 saturated carbocycles. The summed E-state index contributed by atoms with van der Waals surface area (Å²) in [5.41, 5.74) is 0.0653. The number of aryl methyl sites for hydroxylation is 1. The van der Waals surface area contributed by atoms with E-state index in [4.69, 9.17) is 0 Å². The van der Waals surface area contributed by atoms with E-state index in [0.29, 0.717) is 18.0 Å². The highest BCUT2D eigenvalue weighted by atomic mass is 32.2. The Labute approximate surface area is 121 Å². The summed E-state index contributed by atoms with van der Waals surface area (Å²) in [5, 5.41) is 7.21. The predicted octanol–water partition coefficient (Wildman–Crippen LogP) is 0.913. The van der Waals surface area contributed by atoms with Crippen molar-refractivity contribution < 1.29 is 8.42 Å². The van der Waals surface area contributed by atoms with Crippen LogP contribution < -0.4 is 5.32 Å².